The van der Waals surface area contributed by atoms with E-state index in [0.29, 0.717) is 5.69 Å². The SMILES string of the molecule is [C-]#[N+]c1cccc(-n2c3ccccc3c3c2ccc2c4ccccc4n(-c4ccccc4-c4cc(-c5ccccc5)nc(-c5ccccc5)c4)c23)c1. The number of rotatable bonds is 5. The average molecular weight is 663 g/mol. The summed E-state index contributed by atoms with van der Waals surface area (Å²) >= 11 is 0. The highest BCUT2D eigenvalue weighted by Crippen LogP contribution is 2.44. The molecule has 0 spiro atoms. The number of hydrogen-bond donors (Lipinski definition) is 0. The van der Waals surface area contributed by atoms with E-state index in [4.69, 9.17) is 11.6 Å². The molecule has 3 heterocycles. The highest BCUT2D eigenvalue weighted by molar-refractivity contribution is 6.26. The summed E-state index contributed by atoms with van der Waals surface area (Å²) in [4.78, 5) is 8.93. The lowest BCUT2D eigenvalue weighted by molar-refractivity contribution is 1.17. The molecule has 0 unspecified atom stereocenters. The summed E-state index contributed by atoms with van der Waals surface area (Å²) in [5.74, 6) is 0. The first-order valence-electron chi connectivity index (χ1n) is 17.4. The normalized spacial score (nSPS) is 11.4. The van der Waals surface area contributed by atoms with E-state index in [1.807, 2.05) is 30.3 Å². The van der Waals surface area contributed by atoms with Crippen molar-refractivity contribution in [2.45, 2.75) is 0 Å². The van der Waals surface area contributed by atoms with Crippen LogP contribution in [-0.4, -0.2) is 14.1 Å². The average Bonchev–Trinajstić information content (AvgIpc) is 3.74. The minimum atomic E-state index is 0.620. The van der Waals surface area contributed by atoms with Gasteiger partial charge in [0, 0.05) is 43.9 Å². The minimum absolute atomic E-state index is 0.620. The molecule has 0 N–H and O–H groups in total. The van der Waals surface area contributed by atoms with E-state index in [2.05, 4.69) is 166 Å². The lowest BCUT2D eigenvalue weighted by atomic mass is 9.98. The van der Waals surface area contributed by atoms with E-state index in [1.54, 1.807) is 0 Å². The van der Waals surface area contributed by atoms with Gasteiger partial charge in [0.2, 0.25) is 0 Å². The molecule has 10 rings (SSSR count). The number of para-hydroxylation sites is 3. The number of aromatic nitrogens is 3. The highest BCUT2D eigenvalue weighted by atomic mass is 15.0. The van der Waals surface area contributed by atoms with Crippen molar-refractivity contribution in [3.05, 3.63) is 193 Å². The van der Waals surface area contributed by atoms with Gasteiger partial charge in [0.1, 0.15) is 0 Å². The predicted molar refractivity (Wildman–Crippen MR) is 215 cm³/mol. The van der Waals surface area contributed by atoms with Gasteiger partial charge in [-0.25, -0.2) is 9.83 Å². The first-order chi connectivity index (χ1) is 25.8. The zero-order valence-electron chi connectivity index (χ0n) is 28.1. The maximum atomic E-state index is 7.71. The lowest BCUT2D eigenvalue weighted by Crippen LogP contribution is -1.99. The van der Waals surface area contributed by atoms with Crippen LogP contribution in [0.25, 0.3) is 93.5 Å². The molecule has 0 bridgehead atoms. The number of benzene rings is 7. The Balaban J connectivity index is 1.31. The monoisotopic (exact) mass is 662 g/mol. The van der Waals surface area contributed by atoms with Crippen LogP contribution >= 0.6 is 0 Å². The van der Waals surface area contributed by atoms with Crippen LogP contribution in [0.1, 0.15) is 0 Å². The van der Waals surface area contributed by atoms with Crippen LogP contribution in [0, 0.1) is 6.57 Å². The highest BCUT2D eigenvalue weighted by Gasteiger charge is 2.22. The van der Waals surface area contributed by atoms with Gasteiger partial charge in [0.15, 0.2) is 5.69 Å². The number of pyridine rings is 1. The first kappa shape index (κ1) is 29.7. The van der Waals surface area contributed by atoms with Gasteiger partial charge in [-0.1, -0.05) is 133 Å². The first-order valence-corrected chi connectivity index (χ1v) is 17.4. The van der Waals surface area contributed by atoms with Crippen molar-refractivity contribution in [1.29, 1.82) is 0 Å². The Morgan fingerprint density at radius 2 is 1.06 bits per heavy atom. The molecule has 0 amide bonds. The molecule has 0 fully saturated rings. The van der Waals surface area contributed by atoms with Gasteiger partial charge < -0.3 is 9.13 Å². The van der Waals surface area contributed by atoms with E-state index in [0.717, 1.165) is 67.1 Å². The van der Waals surface area contributed by atoms with Crippen molar-refractivity contribution in [1.82, 2.24) is 14.1 Å². The van der Waals surface area contributed by atoms with Crippen LogP contribution in [0.2, 0.25) is 0 Å². The third-order valence-corrected chi connectivity index (χ3v) is 10.1. The molecule has 0 aliphatic carbocycles. The summed E-state index contributed by atoms with van der Waals surface area (Å²) in [6.07, 6.45) is 0. The second-order valence-electron chi connectivity index (χ2n) is 13.1. The standard InChI is InChI=1S/C48H30N4/c1-49-35-19-14-20-36(31-35)51-45-26-13-10-23-40(45)47-46(51)28-27-39-38-22-9-12-25-44(38)52(48(39)47)43-24-11-8-21-37(43)34-29-41(32-15-4-2-5-16-32)50-42(30-34)33-17-6-3-7-18-33/h2-31H. The molecule has 242 valence electrons. The van der Waals surface area contributed by atoms with Gasteiger partial charge in [-0.05, 0) is 54.1 Å². The Labute approximate surface area is 300 Å². The molecule has 0 radical (unpaired) electrons. The minimum Gasteiger partial charge on any atom is -0.310 e. The molecule has 4 nitrogen and oxygen atoms in total. The quantitative estimate of drug-likeness (QED) is 0.169. The van der Waals surface area contributed by atoms with E-state index in [9.17, 15) is 0 Å². The Kier molecular flexibility index (Phi) is 6.84. The molecule has 0 saturated carbocycles. The fourth-order valence-corrected chi connectivity index (χ4v) is 7.85. The fourth-order valence-electron chi connectivity index (χ4n) is 7.85. The molecule has 0 aliphatic heterocycles. The summed E-state index contributed by atoms with van der Waals surface area (Å²) in [6, 6.07) is 63.8. The summed E-state index contributed by atoms with van der Waals surface area (Å²) in [6.45, 7) is 7.71. The van der Waals surface area contributed by atoms with E-state index < -0.39 is 0 Å². The van der Waals surface area contributed by atoms with Gasteiger partial charge in [0.25, 0.3) is 0 Å². The van der Waals surface area contributed by atoms with E-state index in [-0.39, 0.29) is 0 Å². The molecule has 0 saturated heterocycles. The second kappa shape index (κ2) is 12.0. The summed E-state index contributed by atoms with van der Waals surface area (Å²) < 4.78 is 4.76. The number of hydrogen-bond acceptors (Lipinski definition) is 1. The molecular weight excluding hydrogens is 633 g/mol. The van der Waals surface area contributed by atoms with E-state index >= 15 is 0 Å². The van der Waals surface area contributed by atoms with Gasteiger partial charge >= 0.3 is 0 Å². The molecule has 0 aliphatic rings. The Morgan fingerprint density at radius 1 is 0.442 bits per heavy atom. The number of nitrogens with zero attached hydrogens (tertiary/aromatic N) is 4. The zero-order valence-corrected chi connectivity index (χ0v) is 28.1. The maximum absolute atomic E-state index is 7.71. The van der Waals surface area contributed by atoms with Crippen molar-refractivity contribution >= 4 is 49.3 Å². The van der Waals surface area contributed by atoms with Crippen LogP contribution in [0.5, 0.6) is 0 Å². The Morgan fingerprint density at radius 3 is 1.77 bits per heavy atom. The molecule has 4 heteroatoms. The van der Waals surface area contributed by atoms with Gasteiger partial charge in [0.05, 0.1) is 45.7 Å². The second-order valence-corrected chi connectivity index (χ2v) is 13.1. The lowest BCUT2D eigenvalue weighted by Gasteiger charge is -2.16. The van der Waals surface area contributed by atoms with Crippen molar-refractivity contribution in [2.24, 2.45) is 0 Å². The van der Waals surface area contributed by atoms with Crippen LogP contribution in [-0.2, 0) is 0 Å². The van der Waals surface area contributed by atoms with E-state index in [1.165, 1.54) is 21.5 Å². The Bertz CT molecular complexity index is 2960. The molecule has 7 aromatic carbocycles. The molecule has 3 aromatic heterocycles. The molecular formula is C48H30N4. The topological polar surface area (TPSA) is 27.1 Å². The fraction of sp³-hybridized carbons (Fsp3) is 0. The zero-order chi connectivity index (χ0) is 34.6. The van der Waals surface area contributed by atoms with Crippen molar-refractivity contribution in [3.63, 3.8) is 0 Å². The third kappa shape index (κ3) is 4.65. The smallest absolute Gasteiger partial charge is 0.189 e. The van der Waals surface area contributed by atoms with Crippen LogP contribution in [0.3, 0.4) is 0 Å². The Hall–Kier alpha value is -7.22. The van der Waals surface area contributed by atoms with Crippen LogP contribution < -0.4 is 0 Å². The van der Waals surface area contributed by atoms with Crippen LogP contribution in [0.4, 0.5) is 5.69 Å². The predicted octanol–water partition coefficient (Wildman–Crippen LogP) is 12.8. The van der Waals surface area contributed by atoms with Crippen molar-refractivity contribution in [2.75, 3.05) is 0 Å². The molecule has 0 atom stereocenters. The summed E-state index contributed by atoms with van der Waals surface area (Å²) in [5, 5.41) is 4.74. The number of fused-ring (bicyclic) bond motifs is 7. The summed E-state index contributed by atoms with van der Waals surface area (Å²) in [7, 11) is 0. The summed E-state index contributed by atoms with van der Waals surface area (Å²) in [5.41, 5.74) is 13.4. The van der Waals surface area contributed by atoms with Crippen LogP contribution in [0.15, 0.2) is 182 Å². The van der Waals surface area contributed by atoms with Crippen molar-refractivity contribution in [3.8, 4) is 45.0 Å². The van der Waals surface area contributed by atoms with Gasteiger partial charge in [-0.15, -0.1) is 0 Å². The van der Waals surface area contributed by atoms with Gasteiger partial charge in [-0.3, -0.25) is 0 Å². The molecule has 52 heavy (non-hydrogen) atoms. The maximum Gasteiger partial charge on any atom is 0.189 e. The van der Waals surface area contributed by atoms with Crippen molar-refractivity contribution < 1.29 is 0 Å². The van der Waals surface area contributed by atoms with Gasteiger partial charge in [-0.2, -0.15) is 0 Å². The third-order valence-electron chi connectivity index (χ3n) is 10.1. The molecule has 10 aromatic rings. The largest absolute Gasteiger partial charge is 0.310 e.